The molecule has 106 valence electrons. The minimum absolute atomic E-state index is 0.203. The number of anilines is 1. The number of hydrogen-bond donors (Lipinski definition) is 1. The summed E-state index contributed by atoms with van der Waals surface area (Å²) in [6.45, 7) is 2.86. The molecule has 0 aliphatic heterocycles. The molecule has 0 fully saturated rings. The van der Waals surface area contributed by atoms with Gasteiger partial charge in [0.15, 0.2) is 0 Å². The van der Waals surface area contributed by atoms with Gasteiger partial charge in [0.2, 0.25) is 0 Å². The fraction of sp³-hybridized carbons (Fsp3) is 0.294. The van der Waals surface area contributed by atoms with Crippen LogP contribution in [0.15, 0.2) is 48.5 Å². The van der Waals surface area contributed by atoms with Gasteiger partial charge in [-0.15, -0.1) is 0 Å². The minimum atomic E-state index is -0.203. The molecule has 2 rings (SSSR count). The third-order valence-corrected chi connectivity index (χ3v) is 3.53. The fourth-order valence-electron chi connectivity index (χ4n) is 2.25. The molecule has 1 unspecified atom stereocenters. The van der Waals surface area contributed by atoms with Crippen LogP contribution in [0.3, 0.4) is 0 Å². The molecule has 2 aromatic carbocycles. The summed E-state index contributed by atoms with van der Waals surface area (Å²) in [5, 5.41) is 3.32. The van der Waals surface area contributed by atoms with Gasteiger partial charge in [-0.05, 0) is 37.7 Å². The SMILES string of the molecule is CNC(CN(C)c1cccc(F)c1)c1ccc(C)cc1. The predicted molar refractivity (Wildman–Crippen MR) is 82.6 cm³/mol. The Bertz CT molecular complexity index is 551. The Kier molecular flexibility index (Phi) is 4.74. The monoisotopic (exact) mass is 272 g/mol. The van der Waals surface area contributed by atoms with Crippen LogP contribution in [-0.4, -0.2) is 20.6 Å². The highest BCUT2D eigenvalue weighted by molar-refractivity contribution is 5.46. The van der Waals surface area contributed by atoms with E-state index in [9.17, 15) is 4.39 Å². The second-order valence-electron chi connectivity index (χ2n) is 5.11. The number of halogens is 1. The number of nitrogens with one attached hydrogen (secondary N) is 1. The number of benzene rings is 2. The van der Waals surface area contributed by atoms with Crippen LogP contribution in [0.5, 0.6) is 0 Å². The van der Waals surface area contributed by atoms with Crippen molar-refractivity contribution in [2.45, 2.75) is 13.0 Å². The number of aryl methyl sites for hydroxylation is 1. The first-order valence-corrected chi connectivity index (χ1v) is 6.80. The molecule has 3 heteroatoms. The molecule has 0 bridgehead atoms. The first kappa shape index (κ1) is 14.5. The van der Waals surface area contributed by atoms with Crippen molar-refractivity contribution in [2.75, 3.05) is 25.5 Å². The topological polar surface area (TPSA) is 15.3 Å². The van der Waals surface area contributed by atoms with Crippen molar-refractivity contribution in [3.63, 3.8) is 0 Å². The van der Waals surface area contributed by atoms with Crippen LogP contribution in [0.1, 0.15) is 17.2 Å². The van der Waals surface area contributed by atoms with Crippen molar-refractivity contribution in [1.82, 2.24) is 5.32 Å². The van der Waals surface area contributed by atoms with Crippen molar-refractivity contribution in [3.05, 3.63) is 65.5 Å². The Morgan fingerprint density at radius 2 is 1.85 bits per heavy atom. The smallest absolute Gasteiger partial charge is 0.125 e. The Labute approximate surface area is 120 Å². The van der Waals surface area contributed by atoms with Gasteiger partial charge in [0.05, 0.1) is 0 Å². The first-order chi connectivity index (χ1) is 9.60. The van der Waals surface area contributed by atoms with Gasteiger partial charge >= 0.3 is 0 Å². The summed E-state index contributed by atoms with van der Waals surface area (Å²) >= 11 is 0. The van der Waals surface area contributed by atoms with Crippen molar-refractivity contribution < 1.29 is 4.39 Å². The van der Waals surface area contributed by atoms with E-state index in [0.29, 0.717) is 0 Å². The number of likely N-dealkylation sites (N-methyl/N-ethyl adjacent to an activating group) is 2. The maximum absolute atomic E-state index is 13.3. The summed E-state index contributed by atoms with van der Waals surface area (Å²) in [6.07, 6.45) is 0. The lowest BCUT2D eigenvalue weighted by atomic mass is 10.0. The van der Waals surface area contributed by atoms with Crippen molar-refractivity contribution in [3.8, 4) is 0 Å². The zero-order valence-electron chi connectivity index (χ0n) is 12.2. The molecule has 1 atom stereocenters. The molecule has 0 saturated carbocycles. The predicted octanol–water partition coefficient (Wildman–Crippen LogP) is 3.53. The molecule has 2 aromatic rings. The van der Waals surface area contributed by atoms with Gasteiger partial charge in [0.25, 0.3) is 0 Å². The third kappa shape index (κ3) is 3.58. The maximum Gasteiger partial charge on any atom is 0.125 e. The summed E-state index contributed by atoms with van der Waals surface area (Å²) < 4.78 is 13.3. The van der Waals surface area contributed by atoms with E-state index in [1.165, 1.54) is 17.2 Å². The molecular weight excluding hydrogens is 251 g/mol. The van der Waals surface area contributed by atoms with E-state index in [1.54, 1.807) is 12.1 Å². The summed E-state index contributed by atoms with van der Waals surface area (Å²) in [5.41, 5.74) is 3.38. The Hall–Kier alpha value is -1.87. The van der Waals surface area contributed by atoms with Crippen LogP contribution in [0.4, 0.5) is 10.1 Å². The highest BCUT2D eigenvalue weighted by Crippen LogP contribution is 2.19. The molecule has 0 aromatic heterocycles. The highest BCUT2D eigenvalue weighted by Gasteiger charge is 2.12. The van der Waals surface area contributed by atoms with Gasteiger partial charge in [-0.2, -0.15) is 0 Å². The van der Waals surface area contributed by atoms with Crippen molar-refractivity contribution >= 4 is 5.69 Å². The van der Waals surface area contributed by atoms with E-state index in [1.807, 2.05) is 20.2 Å². The van der Waals surface area contributed by atoms with Crippen LogP contribution < -0.4 is 10.2 Å². The molecule has 0 amide bonds. The molecule has 0 saturated heterocycles. The summed E-state index contributed by atoms with van der Waals surface area (Å²) in [4.78, 5) is 2.06. The van der Waals surface area contributed by atoms with Gasteiger partial charge in [0.1, 0.15) is 5.82 Å². The van der Waals surface area contributed by atoms with E-state index >= 15 is 0 Å². The quantitative estimate of drug-likeness (QED) is 0.895. The van der Waals surface area contributed by atoms with Gasteiger partial charge < -0.3 is 10.2 Å². The Balaban J connectivity index is 2.11. The van der Waals surface area contributed by atoms with E-state index in [4.69, 9.17) is 0 Å². The number of nitrogens with zero attached hydrogens (tertiary/aromatic N) is 1. The molecule has 1 N–H and O–H groups in total. The number of hydrogen-bond acceptors (Lipinski definition) is 2. The molecule has 0 aliphatic rings. The lowest BCUT2D eigenvalue weighted by Crippen LogP contribution is -2.31. The zero-order valence-corrected chi connectivity index (χ0v) is 12.2. The van der Waals surface area contributed by atoms with Gasteiger partial charge in [-0.25, -0.2) is 4.39 Å². The lowest BCUT2D eigenvalue weighted by molar-refractivity contribution is 0.587. The average Bonchev–Trinajstić information content (AvgIpc) is 2.45. The largest absolute Gasteiger partial charge is 0.373 e. The van der Waals surface area contributed by atoms with E-state index in [0.717, 1.165) is 12.2 Å². The summed E-state index contributed by atoms with van der Waals surface area (Å²) in [5.74, 6) is -0.203. The molecule has 20 heavy (non-hydrogen) atoms. The van der Waals surface area contributed by atoms with E-state index < -0.39 is 0 Å². The Morgan fingerprint density at radius 1 is 1.15 bits per heavy atom. The zero-order chi connectivity index (χ0) is 14.5. The third-order valence-electron chi connectivity index (χ3n) is 3.53. The van der Waals surface area contributed by atoms with Crippen LogP contribution in [-0.2, 0) is 0 Å². The maximum atomic E-state index is 13.3. The second-order valence-corrected chi connectivity index (χ2v) is 5.11. The van der Waals surface area contributed by atoms with Gasteiger partial charge in [-0.3, -0.25) is 0 Å². The second kappa shape index (κ2) is 6.53. The Morgan fingerprint density at radius 3 is 2.45 bits per heavy atom. The van der Waals surface area contributed by atoms with Gasteiger partial charge in [0, 0.05) is 25.3 Å². The fourth-order valence-corrected chi connectivity index (χ4v) is 2.25. The van der Waals surface area contributed by atoms with Crippen LogP contribution in [0.2, 0.25) is 0 Å². The normalized spacial score (nSPS) is 12.2. The van der Waals surface area contributed by atoms with E-state index in [2.05, 4.69) is 41.4 Å². The van der Waals surface area contributed by atoms with Gasteiger partial charge in [-0.1, -0.05) is 35.9 Å². The van der Waals surface area contributed by atoms with Crippen LogP contribution in [0.25, 0.3) is 0 Å². The molecule has 2 nitrogen and oxygen atoms in total. The molecule has 0 aliphatic carbocycles. The standard InChI is InChI=1S/C17H21FN2/c1-13-7-9-14(10-8-13)17(19-2)12-20(3)16-6-4-5-15(18)11-16/h4-11,17,19H,12H2,1-3H3. The van der Waals surface area contributed by atoms with Crippen molar-refractivity contribution in [1.29, 1.82) is 0 Å². The lowest BCUT2D eigenvalue weighted by Gasteiger charge is -2.26. The summed E-state index contributed by atoms with van der Waals surface area (Å²) in [6, 6.07) is 15.4. The minimum Gasteiger partial charge on any atom is -0.373 e. The van der Waals surface area contributed by atoms with E-state index in [-0.39, 0.29) is 11.9 Å². The molecule has 0 spiro atoms. The molecule has 0 radical (unpaired) electrons. The number of rotatable bonds is 5. The molecule has 0 heterocycles. The van der Waals surface area contributed by atoms with Crippen LogP contribution >= 0.6 is 0 Å². The summed E-state index contributed by atoms with van der Waals surface area (Å²) in [7, 11) is 3.93. The molecular formula is C17H21FN2. The first-order valence-electron chi connectivity index (χ1n) is 6.80. The van der Waals surface area contributed by atoms with Crippen LogP contribution in [0, 0.1) is 12.7 Å². The van der Waals surface area contributed by atoms with Crippen molar-refractivity contribution in [2.24, 2.45) is 0 Å². The highest BCUT2D eigenvalue weighted by atomic mass is 19.1. The average molecular weight is 272 g/mol.